The third-order valence-corrected chi connectivity index (χ3v) is 1.94. The quantitative estimate of drug-likeness (QED) is 0.570. The molecule has 0 spiro atoms. The fraction of sp³-hybridized carbons (Fsp3) is 1.00. The van der Waals surface area contributed by atoms with Crippen molar-refractivity contribution in [3.63, 3.8) is 0 Å². The smallest absolute Gasteiger partial charge is 0.156 e. The zero-order chi connectivity index (χ0) is 6.20. The Hall–Kier alpha value is 0.0400. The molecule has 8 heavy (non-hydrogen) atoms. The first-order chi connectivity index (χ1) is 3.62. The maximum Gasteiger partial charge on any atom is 0.156 e. The zero-order valence-electron chi connectivity index (χ0n) is 4.26. The molecule has 0 amide bonds. The summed E-state index contributed by atoms with van der Waals surface area (Å²) in [6, 6.07) is 0. The summed E-state index contributed by atoms with van der Waals surface area (Å²) in [6.45, 7) is 0. The predicted octanol–water partition coefficient (Wildman–Crippen LogP) is 0.710. The van der Waals surface area contributed by atoms with E-state index < -0.39 is 16.7 Å². The highest BCUT2D eigenvalue weighted by Crippen LogP contribution is 2.39. The number of rotatable bonds is 2. The first-order valence-corrected chi connectivity index (χ1v) is 3.66. The Morgan fingerprint density at radius 1 is 1.75 bits per heavy atom. The van der Waals surface area contributed by atoms with E-state index in [9.17, 15) is 8.60 Å². The summed E-state index contributed by atoms with van der Waals surface area (Å²) in [4.78, 5) is 0. The van der Waals surface area contributed by atoms with E-state index in [2.05, 4.69) is 0 Å². The lowest BCUT2D eigenvalue weighted by atomic mass is 10.5. The highest BCUT2D eigenvalue weighted by molar-refractivity contribution is 7.79. The first kappa shape index (κ1) is 6.16. The van der Waals surface area contributed by atoms with Crippen molar-refractivity contribution in [3.05, 3.63) is 0 Å². The van der Waals surface area contributed by atoms with Crippen LogP contribution in [0.15, 0.2) is 0 Å². The lowest BCUT2D eigenvalue weighted by Gasteiger charge is -1.96. The predicted molar refractivity (Wildman–Crippen MR) is 28.7 cm³/mol. The zero-order valence-corrected chi connectivity index (χ0v) is 5.08. The molecule has 1 aliphatic carbocycles. The van der Waals surface area contributed by atoms with Gasteiger partial charge in [-0.15, -0.1) is 0 Å². The Bertz CT molecular complexity index is 121. The molecule has 1 rings (SSSR count). The van der Waals surface area contributed by atoms with Crippen LogP contribution in [0.5, 0.6) is 0 Å². The molecule has 1 N–H and O–H groups in total. The van der Waals surface area contributed by atoms with E-state index in [1.807, 2.05) is 0 Å². The van der Waals surface area contributed by atoms with E-state index in [1.54, 1.807) is 0 Å². The Labute approximate surface area is 49.4 Å². The molecule has 48 valence electrons. The van der Waals surface area contributed by atoms with Crippen LogP contribution in [-0.4, -0.2) is 20.2 Å². The van der Waals surface area contributed by atoms with E-state index in [1.165, 1.54) is 0 Å². The van der Waals surface area contributed by atoms with Crippen molar-refractivity contribution in [3.8, 4) is 0 Å². The van der Waals surface area contributed by atoms with Gasteiger partial charge in [0, 0.05) is 0 Å². The van der Waals surface area contributed by atoms with Crippen molar-refractivity contribution in [1.29, 1.82) is 0 Å². The molecule has 0 aliphatic heterocycles. The third-order valence-electron chi connectivity index (χ3n) is 1.17. The van der Waals surface area contributed by atoms with Gasteiger partial charge in [0.1, 0.15) is 5.67 Å². The molecular weight excluding hydrogens is 131 g/mol. The van der Waals surface area contributed by atoms with Crippen LogP contribution in [0, 0.1) is 0 Å². The normalized spacial score (nSPS) is 27.2. The topological polar surface area (TPSA) is 37.3 Å². The highest BCUT2D eigenvalue weighted by Gasteiger charge is 2.44. The molecule has 4 heteroatoms. The van der Waals surface area contributed by atoms with Gasteiger partial charge in [-0.05, 0) is 12.8 Å². The van der Waals surface area contributed by atoms with Crippen LogP contribution in [0.4, 0.5) is 4.39 Å². The van der Waals surface area contributed by atoms with Crippen LogP contribution in [-0.2, 0) is 11.1 Å². The van der Waals surface area contributed by atoms with Crippen LogP contribution in [0.2, 0.25) is 0 Å². The van der Waals surface area contributed by atoms with E-state index >= 15 is 0 Å². The van der Waals surface area contributed by atoms with Crippen molar-refractivity contribution in [2.75, 3.05) is 5.75 Å². The SMILES string of the molecule is O=S(O)CC1(F)CC1. The third kappa shape index (κ3) is 1.52. The minimum absolute atomic E-state index is 0.201. The summed E-state index contributed by atoms with van der Waals surface area (Å²) < 4.78 is 30.5. The maximum absolute atomic E-state index is 12.4. The minimum atomic E-state index is -1.95. The molecule has 0 heterocycles. The van der Waals surface area contributed by atoms with Crippen molar-refractivity contribution in [2.24, 2.45) is 0 Å². The molecule has 1 unspecified atom stereocenters. The second-order valence-electron chi connectivity index (χ2n) is 2.12. The first-order valence-electron chi connectivity index (χ1n) is 2.39. The van der Waals surface area contributed by atoms with Gasteiger partial charge >= 0.3 is 0 Å². The standard InChI is InChI=1S/C4H7FO2S/c5-4(1-2-4)3-8(6)7/h1-3H2,(H,6,7). The van der Waals surface area contributed by atoms with Gasteiger partial charge in [-0.25, -0.2) is 8.60 Å². The van der Waals surface area contributed by atoms with E-state index in [4.69, 9.17) is 4.55 Å². The van der Waals surface area contributed by atoms with Gasteiger partial charge in [0.15, 0.2) is 11.1 Å². The van der Waals surface area contributed by atoms with Crippen LogP contribution in [0.25, 0.3) is 0 Å². The fourth-order valence-electron chi connectivity index (χ4n) is 0.501. The molecule has 0 saturated heterocycles. The Morgan fingerprint density at radius 2 is 2.25 bits per heavy atom. The van der Waals surface area contributed by atoms with Crippen molar-refractivity contribution >= 4 is 11.1 Å². The van der Waals surface area contributed by atoms with Crippen molar-refractivity contribution in [2.45, 2.75) is 18.5 Å². The van der Waals surface area contributed by atoms with Crippen molar-refractivity contribution in [1.82, 2.24) is 0 Å². The minimum Gasteiger partial charge on any atom is -0.306 e. The van der Waals surface area contributed by atoms with Crippen LogP contribution in [0.3, 0.4) is 0 Å². The number of halogens is 1. The summed E-state index contributed by atoms with van der Waals surface area (Å²) in [7, 11) is 0. The van der Waals surface area contributed by atoms with Gasteiger partial charge in [-0.1, -0.05) is 0 Å². The lowest BCUT2D eigenvalue weighted by molar-refractivity contribution is 0.339. The van der Waals surface area contributed by atoms with Gasteiger partial charge in [0.2, 0.25) is 0 Å². The molecule has 2 nitrogen and oxygen atoms in total. The average molecular weight is 138 g/mol. The number of alkyl halides is 1. The Kier molecular flexibility index (Phi) is 1.37. The maximum atomic E-state index is 12.4. The van der Waals surface area contributed by atoms with Crippen molar-refractivity contribution < 1.29 is 13.2 Å². The molecule has 1 aliphatic rings. The van der Waals surface area contributed by atoms with Gasteiger partial charge in [-0.2, -0.15) is 0 Å². The summed E-state index contributed by atoms with van der Waals surface area (Å²) in [5.41, 5.74) is -1.28. The van der Waals surface area contributed by atoms with E-state index in [0.29, 0.717) is 12.8 Å². The Balaban J connectivity index is 2.29. The van der Waals surface area contributed by atoms with Gasteiger partial charge < -0.3 is 4.55 Å². The monoisotopic (exact) mass is 138 g/mol. The number of hydrogen-bond acceptors (Lipinski definition) is 1. The number of hydrogen-bond donors (Lipinski definition) is 1. The average Bonchev–Trinajstić information content (AvgIpc) is 2.17. The molecule has 1 atom stereocenters. The van der Waals surface area contributed by atoms with Crippen LogP contribution in [0.1, 0.15) is 12.8 Å². The molecule has 0 aromatic carbocycles. The highest BCUT2D eigenvalue weighted by atomic mass is 32.2. The molecular formula is C4H7FO2S. The molecule has 0 radical (unpaired) electrons. The molecule has 0 bridgehead atoms. The van der Waals surface area contributed by atoms with Gasteiger partial charge in [-0.3, -0.25) is 0 Å². The molecule has 1 fully saturated rings. The van der Waals surface area contributed by atoms with Gasteiger partial charge in [0.25, 0.3) is 0 Å². The lowest BCUT2D eigenvalue weighted by Crippen LogP contribution is -2.11. The summed E-state index contributed by atoms with van der Waals surface area (Å²) >= 11 is -1.95. The summed E-state index contributed by atoms with van der Waals surface area (Å²) in [5, 5.41) is 0. The second-order valence-corrected chi connectivity index (χ2v) is 3.05. The second kappa shape index (κ2) is 1.77. The largest absolute Gasteiger partial charge is 0.306 e. The molecule has 0 aromatic heterocycles. The molecule has 1 saturated carbocycles. The van der Waals surface area contributed by atoms with Crippen LogP contribution < -0.4 is 0 Å². The van der Waals surface area contributed by atoms with Crippen LogP contribution >= 0.6 is 0 Å². The fourth-order valence-corrected chi connectivity index (χ4v) is 1.23. The molecule has 0 aromatic rings. The summed E-state index contributed by atoms with van der Waals surface area (Å²) in [6.07, 6.45) is 0.915. The van der Waals surface area contributed by atoms with Gasteiger partial charge in [0.05, 0.1) is 5.75 Å². The van der Waals surface area contributed by atoms with E-state index in [-0.39, 0.29) is 5.75 Å². The van der Waals surface area contributed by atoms with E-state index in [0.717, 1.165) is 0 Å². The Morgan fingerprint density at radius 3 is 2.38 bits per heavy atom. The summed E-state index contributed by atoms with van der Waals surface area (Å²) in [5.74, 6) is -0.201.